The van der Waals surface area contributed by atoms with Crippen LogP contribution in [0.4, 0.5) is 0 Å². The first kappa shape index (κ1) is 14.8. The first-order valence-corrected chi connectivity index (χ1v) is 7.94. The zero-order valence-electron chi connectivity index (χ0n) is 12.8. The highest BCUT2D eigenvalue weighted by Crippen LogP contribution is 2.29. The van der Waals surface area contributed by atoms with Crippen LogP contribution < -0.4 is 0 Å². The fourth-order valence-corrected chi connectivity index (χ4v) is 2.67. The SMILES string of the molecule is CCCCc1c[c]ccc1-c1ccccc1CCCC. The molecule has 0 heteroatoms. The number of hydrogen-bond donors (Lipinski definition) is 0. The Labute approximate surface area is 123 Å². The Morgan fingerprint density at radius 3 is 2.20 bits per heavy atom. The van der Waals surface area contributed by atoms with E-state index < -0.39 is 0 Å². The molecule has 0 nitrogen and oxygen atoms in total. The molecule has 0 unspecified atom stereocenters. The van der Waals surface area contributed by atoms with Gasteiger partial charge in [0.15, 0.2) is 0 Å². The van der Waals surface area contributed by atoms with Gasteiger partial charge in [-0.25, -0.2) is 0 Å². The summed E-state index contributed by atoms with van der Waals surface area (Å²) in [5, 5.41) is 0. The number of aryl methyl sites for hydroxylation is 2. The van der Waals surface area contributed by atoms with Gasteiger partial charge in [-0.15, -0.1) is 0 Å². The molecule has 0 amide bonds. The molecule has 1 radical (unpaired) electrons. The summed E-state index contributed by atoms with van der Waals surface area (Å²) in [4.78, 5) is 0. The molecule has 2 aromatic rings. The summed E-state index contributed by atoms with van der Waals surface area (Å²) in [6.07, 6.45) is 7.34. The van der Waals surface area contributed by atoms with Crippen LogP contribution in [0, 0.1) is 6.07 Å². The van der Waals surface area contributed by atoms with E-state index in [1.54, 1.807) is 0 Å². The van der Waals surface area contributed by atoms with E-state index in [2.05, 4.69) is 56.3 Å². The van der Waals surface area contributed by atoms with Crippen molar-refractivity contribution in [3.05, 3.63) is 59.7 Å². The van der Waals surface area contributed by atoms with Gasteiger partial charge in [-0.2, -0.15) is 0 Å². The van der Waals surface area contributed by atoms with E-state index in [-0.39, 0.29) is 0 Å². The van der Waals surface area contributed by atoms with Crippen LogP contribution >= 0.6 is 0 Å². The van der Waals surface area contributed by atoms with Crippen molar-refractivity contribution in [1.82, 2.24) is 0 Å². The van der Waals surface area contributed by atoms with E-state index in [0.29, 0.717) is 0 Å². The van der Waals surface area contributed by atoms with Gasteiger partial charge in [0.2, 0.25) is 0 Å². The lowest BCUT2D eigenvalue weighted by molar-refractivity contribution is 0.791. The van der Waals surface area contributed by atoms with E-state index in [0.717, 1.165) is 6.42 Å². The average molecular weight is 265 g/mol. The minimum Gasteiger partial charge on any atom is -0.0654 e. The van der Waals surface area contributed by atoms with Crippen molar-refractivity contribution < 1.29 is 0 Å². The molecule has 0 aromatic heterocycles. The van der Waals surface area contributed by atoms with Crippen LogP contribution in [0.5, 0.6) is 0 Å². The van der Waals surface area contributed by atoms with Gasteiger partial charge in [-0.3, -0.25) is 0 Å². The van der Waals surface area contributed by atoms with Crippen LogP contribution in [0.3, 0.4) is 0 Å². The number of hydrogen-bond acceptors (Lipinski definition) is 0. The molecule has 0 spiro atoms. The van der Waals surface area contributed by atoms with Crippen LogP contribution in [0.2, 0.25) is 0 Å². The molecule has 0 aliphatic carbocycles. The van der Waals surface area contributed by atoms with E-state index in [1.807, 2.05) is 6.07 Å². The maximum atomic E-state index is 3.24. The molecule has 0 N–H and O–H groups in total. The fourth-order valence-electron chi connectivity index (χ4n) is 2.67. The van der Waals surface area contributed by atoms with Crippen molar-refractivity contribution in [3.63, 3.8) is 0 Å². The first-order valence-electron chi connectivity index (χ1n) is 7.94. The third-order valence-corrected chi connectivity index (χ3v) is 3.86. The van der Waals surface area contributed by atoms with E-state index in [4.69, 9.17) is 0 Å². The summed E-state index contributed by atoms with van der Waals surface area (Å²) in [5.74, 6) is 0. The molecule has 0 fully saturated rings. The van der Waals surface area contributed by atoms with Crippen molar-refractivity contribution in [2.45, 2.75) is 52.4 Å². The molecule has 105 valence electrons. The Kier molecular flexibility index (Phi) is 5.86. The summed E-state index contributed by atoms with van der Waals surface area (Å²) >= 11 is 0. The highest BCUT2D eigenvalue weighted by atomic mass is 14.1. The van der Waals surface area contributed by atoms with E-state index >= 15 is 0 Å². The molecule has 2 rings (SSSR count). The summed E-state index contributed by atoms with van der Waals surface area (Å²) in [7, 11) is 0. The van der Waals surface area contributed by atoms with E-state index in [1.165, 1.54) is 54.4 Å². The smallest absolute Gasteiger partial charge is 0.0149 e. The second-order valence-electron chi connectivity index (χ2n) is 5.45. The topological polar surface area (TPSA) is 0 Å². The highest BCUT2D eigenvalue weighted by molar-refractivity contribution is 5.70. The number of unbranched alkanes of at least 4 members (excludes halogenated alkanes) is 2. The summed E-state index contributed by atoms with van der Waals surface area (Å²) < 4.78 is 0. The molecule has 0 saturated carbocycles. The second kappa shape index (κ2) is 7.89. The zero-order chi connectivity index (χ0) is 14.2. The van der Waals surface area contributed by atoms with Crippen LogP contribution in [0.1, 0.15) is 50.7 Å². The van der Waals surface area contributed by atoms with Crippen molar-refractivity contribution in [3.8, 4) is 11.1 Å². The average Bonchev–Trinajstić information content (AvgIpc) is 2.51. The lowest BCUT2D eigenvalue weighted by Gasteiger charge is -2.13. The molecule has 0 atom stereocenters. The van der Waals surface area contributed by atoms with Gasteiger partial charge in [-0.05, 0) is 54.0 Å². The van der Waals surface area contributed by atoms with Crippen LogP contribution in [0.15, 0.2) is 42.5 Å². The number of rotatable bonds is 7. The third-order valence-electron chi connectivity index (χ3n) is 3.86. The van der Waals surface area contributed by atoms with E-state index in [9.17, 15) is 0 Å². The maximum Gasteiger partial charge on any atom is -0.0149 e. The Balaban J connectivity index is 2.35. The normalized spacial score (nSPS) is 10.7. The van der Waals surface area contributed by atoms with Crippen LogP contribution in [0.25, 0.3) is 11.1 Å². The summed E-state index contributed by atoms with van der Waals surface area (Å²) in [6, 6.07) is 18.6. The van der Waals surface area contributed by atoms with Crippen LogP contribution in [-0.2, 0) is 12.8 Å². The molecule has 2 aromatic carbocycles. The molecule has 20 heavy (non-hydrogen) atoms. The minimum atomic E-state index is 1.16. The monoisotopic (exact) mass is 265 g/mol. The quantitative estimate of drug-likeness (QED) is 0.590. The Hall–Kier alpha value is -1.56. The maximum absolute atomic E-state index is 3.24. The van der Waals surface area contributed by atoms with Gasteiger partial charge in [0.25, 0.3) is 0 Å². The first-order chi connectivity index (χ1) is 9.86. The van der Waals surface area contributed by atoms with Crippen molar-refractivity contribution in [1.29, 1.82) is 0 Å². The van der Waals surface area contributed by atoms with Gasteiger partial charge >= 0.3 is 0 Å². The molecular formula is C20H25. The Morgan fingerprint density at radius 1 is 0.800 bits per heavy atom. The van der Waals surface area contributed by atoms with Gasteiger partial charge < -0.3 is 0 Å². The third kappa shape index (κ3) is 3.72. The number of benzene rings is 2. The van der Waals surface area contributed by atoms with Gasteiger partial charge in [0.1, 0.15) is 0 Å². The molecule has 0 aliphatic heterocycles. The van der Waals surface area contributed by atoms with Crippen molar-refractivity contribution >= 4 is 0 Å². The molecule has 0 aliphatic rings. The van der Waals surface area contributed by atoms with Gasteiger partial charge in [0, 0.05) is 0 Å². The van der Waals surface area contributed by atoms with Crippen molar-refractivity contribution in [2.24, 2.45) is 0 Å². The minimum absolute atomic E-state index is 1.16. The second-order valence-corrected chi connectivity index (χ2v) is 5.45. The Morgan fingerprint density at radius 2 is 1.45 bits per heavy atom. The molecule has 0 bridgehead atoms. The molecular weight excluding hydrogens is 240 g/mol. The van der Waals surface area contributed by atoms with Crippen molar-refractivity contribution in [2.75, 3.05) is 0 Å². The standard InChI is InChI=1S/C20H25/c1-3-5-11-17-13-7-9-15-19(17)20-16-10-8-14-18(20)12-6-4-2/h7,9-10,13-16H,3-6,11-12H2,1-2H3. The Bertz CT molecular complexity index is 476. The summed E-state index contributed by atoms with van der Waals surface area (Å²) in [5.41, 5.74) is 5.75. The summed E-state index contributed by atoms with van der Waals surface area (Å²) in [6.45, 7) is 4.51. The molecule has 0 heterocycles. The van der Waals surface area contributed by atoms with Gasteiger partial charge in [0.05, 0.1) is 0 Å². The zero-order valence-corrected chi connectivity index (χ0v) is 12.8. The lowest BCUT2D eigenvalue weighted by atomic mass is 9.91. The molecule has 0 saturated heterocycles. The lowest BCUT2D eigenvalue weighted by Crippen LogP contribution is -1.95. The highest BCUT2D eigenvalue weighted by Gasteiger charge is 2.08. The van der Waals surface area contributed by atoms with Crippen LogP contribution in [-0.4, -0.2) is 0 Å². The predicted molar refractivity (Wildman–Crippen MR) is 87.9 cm³/mol. The van der Waals surface area contributed by atoms with Gasteiger partial charge in [-0.1, -0.05) is 69.2 Å². The fraction of sp³-hybridized carbons (Fsp3) is 0.400. The largest absolute Gasteiger partial charge is 0.0654 e. The predicted octanol–water partition coefficient (Wildman–Crippen LogP) is 5.84.